The Morgan fingerprint density at radius 2 is 1.67 bits per heavy atom. The van der Waals surface area contributed by atoms with Gasteiger partial charge in [-0.1, -0.05) is 12.8 Å². The van der Waals surface area contributed by atoms with Gasteiger partial charge in [0.05, 0.1) is 10.5 Å². The molecule has 1 aromatic rings. The second kappa shape index (κ2) is 6.18. The lowest BCUT2D eigenvalue weighted by molar-refractivity contribution is -0.141. The third kappa shape index (κ3) is 2.80. The SMILES string of the molecule is O=C(O)c1ccc(S(=O)(=O)N2[C@H](C(=O)O)C[C@@H]3CCCC[C@@H]32)cc1. The summed E-state index contributed by atoms with van der Waals surface area (Å²) in [5.74, 6) is -2.20. The number of hydrogen-bond acceptors (Lipinski definition) is 4. The van der Waals surface area contributed by atoms with Crippen molar-refractivity contribution in [2.24, 2.45) is 5.92 Å². The molecule has 3 atom stereocenters. The van der Waals surface area contributed by atoms with Crippen LogP contribution in [0.1, 0.15) is 42.5 Å². The van der Waals surface area contributed by atoms with Crippen LogP contribution in [-0.4, -0.2) is 47.0 Å². The van der Waals surface area contributed by atoms with Crippen molar-refractivity contribution < 1.29 is 28.2 Å². The van der Waals surface area contributed by atoms with Gasteiger partial charge in [0, 0.05) is 6.04 Å². The van der Waals surface area contributed by atoms with Crippen LogP contribution in [0.3, 0.4) is 0 Å². The average Bonchev–Trinajstić information content (AvgIpc) is 2.95. The van der Waals surface area contributed by atoms with Crippen molar-refractivity contribution in [2.75, 3.05) is 0 Å². The van der Waals surface area contributed by atoms with Gasteiger partial charge in [0.1, 0.15) is 6.04 Å². The fourth-order valence-electron chi connectivity index (χ4n) is 3.87. The van der Waals surface area contributed by atoms with E-state index in [1.54, 1.807) is 0 Å². The van der Waals surface area contributed by atoms with Gasteiger partial charge in [-0.25, -0.2) is 13.2 Å². The van der Waals surface area contributed by atoms with Gasteiger partial charge in [-0.05, 0) is 49.4 Å². The molecule has 130 valence electrons. The minimum absolute atomic E-state index is 0.0132. The molecule has 1 aromatic carbocycles. The molecule has 0 aromatic heterocycles. The molecule has 2 aliphatic rings. The molecule has 24 heavy (non-hydrogen) atoms. The number of carboxylic acids is 2. The van der Waals surface area contributed by atoms with E-state index in [-0.39, 0.29) is 22.4 Å². The van der Waals surface area contributed by atoms with E-state index in [1.165, 1.54) is 24.3 Å². The summed E-state index contributed by atoms with van der Waals surface area (Å²) < 4.78 is 27.1. The largest absolute Gasteiger partial charge is 0.480 e. The Kier molecular flexibility index (Phi) is 4.35. The Balaban J connectivity index is 1.99. The molecular weight excluding hydrogens is 334 g/mol. The molecule has 2 fully saturated rings. The summed E-state index contributed by atoms with van der Waals surface area (Å²) in [6.07, 6.45) is 3.73. The second-order valence-corrected chi connectivity index (χ2v) is 8.21. The van der Waals surface area contributed by atoms with E-state index in [2.05, 4.69) is 0 Å². The maximum atomic E-state index is 13.0. The van der Waals surface area contributed by atoms with Crippen molar-refractivity contribution in [3.05, 3.63) is 29.8 Å². The summed E-state index contributed by atoms with van der Waals surface area (Å²) in [5.41, 5.74) is -0.0132. The topological polar surface area (TPSA) is 112 Å². The number of aliphatic carboxylic acids is 1. The normalized spacial score (nSPS) is 27.6. The van der Waals surface area contributed by atoms with E-state index >= 15 is 0 Å². The third-order valence-electron chi connectivity index (χ3n) is 4.99. The van der Waals surface area contributed by atoms with Crippen LogP contribution in [-0.2, 0) is 14.8 Å². The lowest BCUT2D eigenvalue weighted by atomic mass is 9.85. The lowest BCUT2D eigenvalue weighted by Crippen LogP contribution is -2.46. The molecule has 3 rings (SSSR count). The highest BCUT2D eigenvalue weighted by atomic mass is 32.2. The first-order valence-electron chi connectivity index (χ1n) is 7.92. The van der Waals surface area contributed by atoms with Crippen molar-refractivity contribution in [2.45, 2.75) is 49.1 Å². The number of carboxylic acid groups (broad SMARTS) is 2. The first kappa shape index (κ1) is 16.9. The van der Waals surface area contributed by atoms with E-state index in [0.717, 1.165) is 23.6 Å². The molecule has 8 heteroatoms. The van der Waals surface area contributed by atoms with Gasteiger partial charge in [0.25, 0.3) is 0 Å². The summed E-state index contributed by atoms with van der Waals surface area (Å²) in [7, 11) is -3.99. The van der Waals surface area contributed by atoms with E-state index in [9.17, 15) is 23.1 Å². The van der Waals surface area contributed by atoms with Crippen molar-refractivity contribution in [3.63, 3.8) is 0 Å². The molecule has 0 radical (unpaired) electrons. The lowest BCUT2D eigenvalue weighted by Gasteiger charge is -2.32. The minimum Gasteiger partial charge on any atom is -0.480 e. The predicted molar refractivity (Wildman–Crippen MR) is 84.2 cm³/mol. The molecule has 1 heterocycles. The quantitative estimate of drug-likeness (QED) is 0.853. The predicted octanol–water partition coefficient (Wildman–Crippen LogP) is 1.79. The number of aromatic carboxylic acids is 1. The van der Waals surface area contributed by atoms with Crippen LogP contribution in [0.5, 0.6) is 0 Å². The van der Waals surface area contributed by atoms with Crippen LogP contribution in [0.2, 0.25) is 0 Å². The summed E-state index contributed by atoms with van der Waals surface area (Å²) in [6.45, 7) is 0. The summed E-state index contributed by atoms with van der Waals surface area (Å²) in [5, 5.41) is 18.4. The molecule has 1 aliphatic carbocycles. The molecule has 1 aliphatic heterocycles. The van der Waals surface area contributed by atoms with Crippen molar-refractivity contribution in [3.8, 4) is 0 Å². The highest BCUT2D eigenvalue weighted by Crippen LogP contribution is 2.42. The summed E-state index contributed by atoms with van der Waals surface area (Å²) in [4.78, 5) is 22.4. The van der Waals surface area contributed by atoms with Crippen LogP contribution in [0, 0.1) is 5.92 Å². The highest BCUT2D eigenvalue weighted by Gasteiger charge is 2.51. The first-order valence-corrected chi connectivity index (χ1v) is 9.36. The number of sulfonamides is 1. The Morgan fingerprint density at radius 1 is 1.04 bits per heavy atom. The van der Waals surface area contributed by atoms with Crippen LogP contribution >= 0.6 is 0 Å². The number of benzene rings is 1. The standard InChI is InChI=1S/C16H19NO6S/c18-15(19)10-5-7-12(8-6-10)24(22,23)17-13-4-2-1-3-11(13)9-14(17)16(20)21/h5-8,11,13-14H,1-4,9H2,(H,18,19)(H,20,21)/t11-,13-,14-/m0/s1. The van der Waals surface area contributed by atoms with Crippen LogP contribution in [0.25, 0.3) is 0 Å². The van der Waals surface area contributed by atoms with Crippen molar-refractivity contribution >= 4 is 22.0 Å². The average molecular weight is 353 g/mol. The Morgan fingerprint density at radius 3 is 2.25 bits per heavy atom. The minimum atomic E-state index is -3.99. The molecule has 2 N–H and O–H groups in total. The first-order chi connectivity index (χ1) is 11.3. The molecule has 7 nitrogen and oxygen atoms in total. The molecule has 0 bridgehead atoms. The van der Waals surface area contributed by atoms with Gasteiger partial charge in [0.15, 0.2) is 0 Å². The zero-order valence-corrected chi connectivity index (χ0v) is 13.8. The van der Waals surface area contributed by atoms with E-state index in [0.29, 0.717) is 12.8 Å². The number of carbonyl (C=O) groups is 2. The Hall–Kier alpha value is -1.93. The summed E-state index contributed by atoms with van der Waals surface area (Å²) in [6, 6.07) is 3.56. The number of rotatable bonds is 4. The maximum absolute atomic E-state index is 13.0. The van der Waals surface area contributed by atoms with E-state index < -0.39 is 28.0 Å². The van der Waals surface area contributed by atoms with E-state index in [1.807, 2.05) is 0 Å². The van der Waals surface area contributed by atoms with Gasteiger partial charge in [0.2, 0.25) is 10.0 Å². The fraction of sp³-hybridized carbons (Fsp3) is 0.500. The second-order valence-electron chi connectivity index (χ2n) is 6.37. The number of hydrogen-bond donors (Lipinski definition) is 2. The number of fused-ring (bicyclic) bond motifs is 1. The van der Waals surface area contributed by atoms with Crippen LogP contribution in [0.4, 0.5) is 0 Å². The Labute approximate surface area is 140 Å². The smallest absolute Gasteiger partial charge is 0.335 e. The van der Waals surface area contributed by atoms with E-state index in [4.69, 9.17) is 5.11 Å². The fourth-order valence-corrected chi connectivity index (χ4v) is 5.74. The van der Waals surface area contributed by atoms with Crippen LogP contribution in [0.15, 0.2) is 29.2 Å². The summed E-state index contributed by atoms with van der Waals surface area (Å²) >= 11 is 0. The molecule has 0 amide bonds. The zero-order chi connectivity index (χ0) is 17.5. The van der Waals surface area contributed by atoms with Gasteiger partial charge in [-0.15, -0.1) is 0 Å². The molecule has 0 spiro atoms. The molecular formula is C16H19NO6S. The zero-order valence-electron chi connectivity index (χ0n) is 13.0. The van der Waals surface area contributed by atoms with Crippen molar-refractivity contribution in [1.29, 1.82) is 0 Å². The monoisotopic (exact) mass is 353 g/mol. The van der Waals surface area contributed by atoms with Crippen molar-refractivity contribution in [1.82, 2.24) is 4.31 Å². The van der Waals surface area contributed by atoms with Gasteiger partial charge >= 0.3 is 11.9 Å². The molecule has 1 saturated carbocycles. The van der Waals surface area contributed by atoms with Gasteiger partial charge < -0.3 is 10.2 Å². The van der Waals surface area contributed by atoms with Gasteiger partial charge in [-0.3, -0.25) is 4.79 Å². The maximum Gasteiger partial charge on any atom is 0.335 e. The highest BCUT2D eigenvalue weighted by molar-refractivity contribution is 7.89. The van der Waals surface area contributed by atoms with Gasteiger partial charge in [-0.2, -0.15) is 4.31 Å². The van der Waals surface area contributed by atoms with Crippen LogP contribution < -0.4 is 0 Å². The Bertz CT molecular complexity index is 757. The molecule has 1 saturated heterocycles. The number of nitrogens with zero attached hydrogens (tertiary/aromatic N) is 1. The molecule has 0 unspecified atom stereocenters. The third-order valence-corrected chi connectivity index (χ3v) is 6.94.